The fraction of sp³-hybridized carbons (Fsp3) is 0.0526. The number of phenolic OH excluding ortho intramolecular Hbond substituents is 2. The van der Waals surface area contributed by atoms with Gasteiger partial charge in [-0.05, 0) is 47.5 Å². The normalized spacial score (nSPS) is 13.8. The molecule has 0 aromatic heterocycles. The maximum atomic E-state index is 12.9. The van der Waals surface area contributed by atoms with Crippen LogP contribution in [0.15, 0.2) is 54.6 Å². The molecular weight excluding hydrogens is 482 g/mol. The molecule has 3 aromatic carbocycles. The van der Waals surface area contributed by atoms with Crippen LogP contribution in [0.3, 0.4) is 0 Å². The van der Waals surface area contributed by atoms with Crippen molar-refractivity contribution in [2.75, 3.05) is 0 Å². The van der Waals surface area contributed by atoms with Gasteiger partial charge in [0.1, 0.15) is 11.5 Å². The highest BCUT2D eigenvalue weighted by atomic mass is 35.5. The summed E-state index contributed by atoms with van der Waals surface area (Å²) in [5.74, 6) is -0.574. The molecule has 0 bridgehead atoms. The van der Waals surface area contributed by atoms with E-state index in [9.17, 15) is 23.2 Å². The number of hydrogen-bond acceptors (Lipinski definition) is 4. The molecule has 0 saturated carbocycles. The Kier molecular flexibility index (Phi) is 5.98. The molecule has 1 unspecified atom stereocenters. The third-order valence-corrected chi connectivity index (χ3v) is 7.22. The molecular formula is C19H12Cl4O5S. The number of rotatable bonds is 4. The van der Waals surface area contributed by atoms with Crippen LogP contribution in [0.4, 0.5) is 0 Å². The average Bonchev–Trinajstić information content (AvgIpc) is 2.63. The van der Waals surface area contributed by atoms with Gasteiger partial charge in [-0.1, -0.05) is 64.6 Å². The summed E-state index contributed by atoms with van der Waals surface area (Å²) in [4.78, 5) is 0. The molecule has 0 heterocycles. The van der Waals surface area contributed by atoms with E-state index in [2.05, 4.69) is 0 Å². The minimum atomic E-state index is -5.00. The van der Waals surface area contributed by atoms with Crippen molar-refractivity contribution in [3.63, 3.8) is 0 Å². The Labute approximate surface area is 186 Å². The molecule has 152 valence electrons. The lowest BCUT2D eigenvalue weighted by atomic mass is 9.83. The van der Waals surface area contributed by atoms with Gasteiger partial charge in [0.05, 0.1) is 15.1 Å². The third-order valence-electron chi connectivity index (χ3n) is 4.40. The van der Waals surface area contributed by atoms with E-state index in [1.807, 2.05) is 0 Å². The highest BCUT2D eigenvalue weighted by Gasteiger charge is 2.50. The number of halogens is 4. The van der Waals surface area contributed by atoms with Gasteiger partial charge in [0, 0.05) is 10.6 Å². The van der Waals surface area contributed by atoms with Crippen molar-refractivity contribution >= 4 is 56.5 Å². The van der Waals surface area contributed by atoms with Crippen LogP contribution < -0.4 is 0 Å². The zero-order valence-electron chi connectivity index (χ0n) is 14.3. The summed E-state index contributed by atoms with van der Waals surface area (Å²) in [6.07, 6.45) is 0. The van der Waals surface area contributed by atoms with Gasteiger partial charge in [-0.2, -0.15) is 8.42 Å². The van der Waals surface area contributed by atoms with Crippen LogP contribution in [-0.2, 0) is 14.9 Å². The number of phenols is 2. The summed E-state index contributed by atoms with van der Waals surface area (Å²) in [7, 11) is -5.00. The second kappa shape index (κ2) is 7.87. The Balaban J connectivity index is 2.56. The third kappa shape index (κ3) is 3.77. The molecule has 10 heteroatoms. The van der Waals surface area contributed by atoms with E-state index in [-0.39, 0.29) is 42.5 Å². The first-order valence-electron chi connectivity index (χ1n) is 7.89. The van der Waals surface area contributed by atoms with E-state index < -0.39 is 20.6 Å². The molecule has 3 aromatic rings. The fourth-order valence-corrected chi connectivity index (χ4v) is 5.32. The second-order valence-electron chi connectivity index (χ2n) is 6.12. The van der Waals surface area contributed by atoms with Gasteiger partial charge in [-0.25, -0.2) is 0 Å². The zero-order valence-corrected chi connectivity index (χ0v) is 18.1. The number of hydrogen-bond donors (Lipinski definition) is 3. The molecule has 3 N–H and O–H groups in total. The van der Waals surface area contributed by atoms with Crippen LogP contribution >= 0.6 is 46.4 Å². The largest absolute Gasteiger partial charge is 0.508 e. The monoisotopic (exact) mass is 492 g/mol. The quantitative estimate of drug-likeness (QED) is 0.311. The van der Waals surface area contributed by atoms with Crippen LogP contribution in [0.2, 0.25) is 20.1 Å². The van der Waals surface area contributed by atoms with Crippen molar-refractivity contribution < 1.29 is 23.2 Å². The van der Waals surface area contributed by atoms with E-state index in [1.54, 1.807) is 0 Å². The van der Waals surface area contributed by atoms with Crippen molar-refractivity contribution in [1.82, 2.24) is 0 Å². The molecule has 0 aliphatic carbocycles. The van der Waals surface area contributed by atoms with E-state index in [4.69, 9.17) is 46.4 Å². The summed E-state index contributed by atoms with van der Waals surface area (Å²) in [6, 6.07) is 11.3. The van der Waals surface area contributed by atoms with Crippen molar-refractivity contribution in [3.05, 3.63) is 91.4 Å². The van der Waals surface area contributed by atoms with Crippen molar-refractivity contribution in [1.29, 1.82) is 0 Å². The zero-order chi connectivity index (χ0) is 21.6. The first kappa shape index (κ1) is 22.0. The molecule has 0 aliphatic rings. The first-order valence-corrected chi connectivity index (χ1v) is 10.8. The predicted molar refractivity (Wildman–Crippen MR) is 114 cm³/mol. The average molecular weight is 494 g/mol. The van der Waals surface area contributed by atoms with Crippen LogP contribution in [0.5, 0.6) is 11.5 Å². The maximum Gasteiger partial charge on any atom is 0.283 e. The molecule has 3 rings (SSSR count). The topological polar surface area (TPSA) is 94.8 Å². The van der Waals surface area contributed by atoms with Crippen LogP contribution in [0, 0.1) is 0 Å². The van der Waals surface area contributed by atoms with E-state index in [0.717, 1.165) is 12.1 Å². The lowest BCUT2D eigenvalue weighted by molar-refractivity contribution is 0.455. The highest BCUT2D eigenvalue weighted by molar-refractivity contribution is 7.87. The molecule has 0 aliphatic heterocycles. The minimum absolute atomic E-state index is 0.00344. The van der Waals surface area contributed by atoms with E-state index in [0.29, 0.717) is 0 Å². The van der Waals surface area contributed by atoms with Gasteiger partial charge in [0.15, 0.2) is 4.75 Å². The summed E-state index contributed by atoms with van der Waals surface area (Å²) < 4.78 is 34.0. The summed E-state index contributed by atoms with van der Waals surface area (Å²) in [5, 5.41) is 19.7. The lowest BCUT2D eigenvalue weighted by Crippen LogP contribution is -2.38. The lowest BCUT2D eigenvalue weighted by Gasteiger charge is -2.33. The molecule has 0 saturated heterocycles. The molecule has 0 spiro atoms. The predicted octanol–water partition coefficient (Wildman–Crippen LogP) is 5.89. The fourth-order valence-electron chi connectivity index (χ4n) is 3.13. The van der Waals surface area contributed by atoms with Crippen molar-refractivity contribution in [2.24, 2.45) is 0 Å². The summed E-state index contributed by atoms with van der Waals surface area (Å²) >= 11 is 24.3. The Morgan fingerprint density at radius 2 is 1.28 bits per heavy atom. The van der Waals surface area contributed by atoms with Gasteiger partial charge in [-0.3, -0.25) is 4.55 Å². The van der Waals surface area contributed by atoms with Gasteiger partial charge < -0.3 is 10.2 Å². The Morgan fingerprint density at radius 1 is 0.690 bits per heavy atom. The van der Waals surface area contributed by atoms with E-state index in [1.165, 1.54) is 42.5 Å². The number of aromatic hydroxyl groups is 2. The molecule has 0 amide bonds. The van der Waals surface area contributed by atoms with Gasteiger partial charge in [0.25, 0.3) is 10.1 Å². The highest BCUT2D eigenvalue weighted by Crippen LogP contribution is 2.49. The summed E-state index contributed by atoms with van der Waals surface area (Å²) in [5.41, 5.74) is -0.142. The molecule has 0 fully saturated rings. The minimum Gasteiger partial charge on any atom is -0.508 e. The van der Waals surface area contributed by atoms with Crippen molar-refractivity contribution in [3.8, 4) is 11.5 Å². The molecule has 5 nitrogen and oxygen atoms in total. The summed E-state index contributed by atoms with van der Waals surface area (Å²) in [6.45, 7) is 0. The van der Waals surface area contributed by atoms with Gasteiger partial charge in [0.2, 0.25) is 0 Å². The SMILES string of the molecule is O=S(=O)(O)C(c1ccc(O)cc1)(c1ccc(Cl)c(Cl)c1)c1cc(O)c(Cl)cc1Cl. The molecule has 29 heavy (non-hydrogen) atoms. The Morgan fingerprint density at radius 3 is 1.83 bits per heavy atom. The number of benzene rings is 3. The smallest absolute Gasteiger partial charge is 0.283 e. The second-order valence-corrected chi connectivity index (χ2v) is 9.31. The van der Waals surface area contributed by atoms with Crippen molar-refractivity contribution in [2.45, 2.75) is 4.75 Å². The molecule has 1 atom stereocenters. The Bertz CT molecular complexity index is 1200. The van der Waals surface area contributed by atoms with Crippen LogP contribution in [0.25, 0.3) is 0 Å². The molecule has 0 radical (unpaired) electrons. The standard InChI is InChI=1S/C19H12Cl4O5S/c20-14-6-3-11(7-16(14)22)19(29(26,27)28,10-1-4-12(24)5-2-10)13-8-18(25)17(23)9-15(13)21/h1-9,24-25H,(H,26,27,28). The van der Waals surface area contributed by atoms with Gasteiger partial charge >= 0.3 is 0 Å². The maximum absolute atomic E-state index is 12.9. The van der Waals surface area contributed by atoms with Crippen LogP contribution in [0.1, 0.15) is 16.7 Å². The first-order chi connectivity index (χ1) is 13.5. The Hall–Kier alpha value is -1.67. The van der Waals surface area contributed by atoms with Gasteiger partial charge in [-0.15, -0.1) is 0 Å². The van der Waals surface area contributed by atoms with E-state index >= 15 is 0 Å². The van der Waals surface area contributed by atoms with Crippen LogP contribution in [-0.4, -0.2) is 23.2 Å².